The molecule has 1 aliphatic rings. The number of benzene rings is 1. The molecule has 1 saturated heterocycles. The van der Waals surface area contributed by atoms with Gasteiger partial charge in [-0.2, -0.15) is 5.09 Å². The number of rotatable bonds is 12. The van der Waals surface area contributed by atoms with Gasteiger partial charge < -0.3 is 18.7 Å². The summed E-state index contributed by atoms with van der Waals surface area (Å²) in [6, 6.07) is 3.75. The molecule has 12 nitrogen and oxygen atoms in total. The van der Waals surface area contributed by atoms with Crippen molar-refractivity contribution in [2.24, 2.45) is 5.92 Å². The van der Waals surface area contributed by atoms with Gasteiger partial charge in [-0.25, -0.2) is 13.8 Å². The topological polar surface area (TPSA) is 147 Å². The summed E-state index contributed by atoms with van der Waals surface area (Å²) >= 11 is 0. The van der Waals surface area contributed by atoms with Crippen molar-refractivity contribution >= 4 is 13.7 Å². The third kappa shape index (κ3) is 8.08. The Bertz CT molecular complexity index is 1230. The number of methoxy groups -OCH3 is 1. The molecule has 1 aliphatic heterocycles. The number of nitrogens with zero attached hydrogens (tertiary/aromatic N) is 1. The second-order valence-electron chi connectivity index (χ2n) is 8.85. The molecule has 3 rings (SSSR count). The molecule has 1 aromatic heterocycles. The Morgan fingerprint density at radius 2 is 1.97 bits per heavy atom. The van der Waals surface area contributed by atoms with E-state index in [0.717, 1.165) is 12.1 Å². The molecule has 0 aliphatic carbocycles. The molecular weight excluding hydrogens is 512 g/mol. The van der Waals surface area contributed by atoms with Crippen LogP contribution < -0.4 is 20.9 Å². The number of hydrogen-bond donors (Lipinski definition) is 2. The van der Waals surface area contributed by atoms with Crippen LogP contribution in [0.5, 0.6) is 5.75 Å². The molecule has 204 valence electrons. The van der Waals surface area contributed by atoms with Gasteiger partial charge in [-0.1, -0.05) is 13.8 Å². The average Bonchev–Trinajstić information content (AvgIpc) is 3.32. The number of esters is 1. The summed E-state index contributed by atoms with van der Waals surface area (Å²) in [6.07, 6.45) is 0.335. The van der Waals surface area contributed by atoms with Gasteiger partial charge in [0.05, 0.1) is 13.7 Å². The zero-order valence-corrected chi connectivity index (χ0v) is 21.9. The maximum atomic E-state index is 13.7. The first-order chi connectivity index (χ1) is 17.5. The molecular formula is C23H31FN3O9P. The van der Waals surface area contributed by atoms with Gasteiger partial charge >= 0.3 is 19.4 Å². The second kappa shape index (κ2) is 12.6. The minimum atomic E-state index is -4.26. The fraction of sp³-hybridized carbons (Fsp3) is 0.522. The van der Waals surface area contributed by atoms with Crippen molar-refractivity contribution in [2.45, 2.75) is 52.2 Å². The Hall–Kier alpha value is -2.83. The van der Waals surface area contributed by atoms with E-state index >= 15 is 0 Å². The molecule has 2 aromatic rings. The number of aromatic amines is 1. The number of aryl methyl sites for hydroxylation is 1. The van der Waals surface area contributed by atoms with Crippen LogP contribution in [0.2, 0.25) is 0 Å². The fourth-order valence-electron chi connectivity index (χ4n) is 3.43. The van der Waals surface area contributed by atoms with Gasteiger partial charge in [0.25, 0.3) is 5.56 Å². The number of H-pyrrole nitrogens is 1. The molecule has 2 heterocycles. The van der Waals surface area contributed by atoms with Crippen molar-refractivity contribution in [2.75, 3.05) is 20.3 Å². The van der Waals surface area contributed by atoms with Crippen LogP contribution in [0.15, 0.2) is 40.1 Å². The maximum absolute atomic E-state index is 13.7. The SMILES string of the molecule is COC(=O)[C@H](CCC(C)C)NP(=O)(OC[C@@H]1OC[C@H](n2cc(C)c(=O)[nH]c2=O)O1)Oc1ccc(F)cc1. The van der Waals surface area contributed by atoms with Crippen molar-refractivity contribution in [1.82, 2.24) is 14.6 Å². The van der Waals surface area contributed by atoms with Crippen LogP contribution >= 0.6 is 7.75 Å². The Labute approximate surface area is 212 Å². The minimum absolute atomic E-state index is 0.0334. The maximum Gasteiger partial charge on any atom is 0.459 e. The van der Waals surface area contributed by atoms with Crippen molar-refractivity contribution in [1.29, 1.82) is 0 Å². The number of carbonyl (C=O) groups is 1. The quantitative estimate of drug-likeness (QED) is 0.302. The van der Waals surface area contributed by atoms with Gasteiger partial charge in [-0.15, -0.1) is 0 Å². The van der Waals surface area contributed by atoms with E-state index in [1.807, 2.05) is 13.8 Å². The number of nitrogens with one attached hydrogen (secondary N) is 2. The van der Waals surface area contributed by atoms with Gasteiger partial charge in [0, 0.05) is 11.8 Å². The molecule has 0 amide bonds. The van der Waals surface area contributed by atoms with E-state index in [0.29, 0.717) is 12.0 Å². The van der Waals surface area contributed by atoms with Crippen LogP contribution in [0, 0.1) is 18.7 Å². The van der Waals surface area contributed by atoms with E-state index in [-0.39, 0.29) is 24.7 Å². The average molecular weight is 543 g/mol. The van der Waals surface area contributed by atoms with Crippen LogP contribution in [0.1, 0.15) is 38.5 Å². The Balaban J connectivity index is 1.75. The fourth-order valence-corrected chi connectivity index (χ4v) is 4.94. The molecule has 1 fully saturated rings. The summed E-state index contributed by atoms with van der Waals surface area (Å²) in [7, 11) is -3.05. The summed E-state index contributed by atoms with van der Waals surface area (Å²) in [5.74, 6) is -0.893. The zero-order valence-electron chi connectivity index (χ0n) is 21.0. The van der Waals surface area contributed by atoms with Crippen molar-refractivity contribution in [3.8, 4) is 5.75 Å². The lowest BCUT2D eigenvalue weighted by Crippen LogP contribution is -2.38. The number of aromatic nitrogens is 2. The summed E-state index contributed by atoms with van der Waals surface area (Å²) in [5.41, 5.74) is -0.883. The first-order valence-electron chi connectivity index (χ1n) is 11.6. The van der Waals surface area contributed by atoms with Gasteiger partial charge in [0.1, 0.15) is 24.2 Å². The monoisotopic (exact) mass is 543 g/mol. The summed E-state index contributed by atoms with van der Waals surface area (Å²) in [6.45, 7) is 5.03. The predicted octanol–water partition coefficient (Wildman–Crippen LogP) is 2.63. The first kappa shape index (κ1) is 28.7. The van der Waals surface area contributed by atoms with E-state index in [1.54, 1.807) is 0 Å². The second-order valence-corrected chi connectivity index (χ2v) is 10.5. The molecule has 2 N–H and O–H groups in total. The highest BCUT2D eigenvalue weighted by Crippen LogP contribution is 2.46. The van der Waals surface area contributed by atoms with Crippen LogP contribution in [0.4, 0.5) is 4.39 Å². The van der Waals surface area contributed by atoms with E-state index < -0.39 is 55.9 Å². The molecule has 0 radical (unpaired) electrons. The Morgan fingerprint density at radius 1 is 1.27 bits per heavy atom. The van der Waals surface area contributed by atoms with Crippen LogP contribution in [0.25, 0.3) is 0 Å². The number of halogens is 1. The summed E-state index contributed by atoms with van der Waals surface area (Å²) in [5, 5.41) is 2.63. The Kier molecular flexibility index (Phi) is 9.80. The molecule has 1 aromatic carbocycles. The van der Waals surface area contributed by atoms with E-state index in [1.165, 1.54) is 36.9 Å². The van der Waals surface area contributed by atoms with Crippen LogP contribution in [0.3, 0.4) is 0 Å². The number of ether oxygens (including phenoxy) is 3. The highest BCUT2D eigenvalue weighted by molar-refractivity contribution is 7.52. The van der Waals surface area contributed by atoms with Crippen LogP contribution in [-0.2, 0) is 28.1 Å². The van der Waals surface area contributed by atoms with Crippen molar-refractivity contribution in [3.05, 3.63) is 62.7 Å². The van der Waals surface area contributed by atoms with E-state index in [9.17, 15) is 23.3 Å². The van der Waals surface area contributed by atoms with E-state index in [4.69, 9.17) is 23.3 Å². The molecule has 0 saturated carbocycles. The Morgan fingerprint density at radius 3 is 2.62 bits per heavy atom. The molecule has 14 heteroatoms. The third-order valence-electron chi connectivity index (χ3n) is 5.44. The van der Waals surface area contributed by atoms with Crippen LogP contribution in [-0.4, -0.2) is 48.2 Å². The zero-order chi connectivity index (χ0) is 27.2. The molecule has 0 spiro atoms. The largest absolute Gasteiger partial charge is 0.468 e. The lowest BCUT2D eigenvalue weighted by molar-refractivity contribution is -0.143. The lowest BCUT2D eigenvalue weighted by atomic mass is 10.0. The van der Waals surface area contributed by atoms with Gasteiger partial charge in [0.15, 0.2) is 12.5 Å². The highest BCUT2D eigenvalue weighted by Gasteiger charge is 2.37. The molecule has 1 unspecified atom stereocenters. The molecule has 4 atom stereocenters. The first-order valence-corrected chi connectivity index (χ1v) is 13.2. The summed E-state index contributed by atoms with van der Waals surface area (Å²) in [4.78, 5) is 38.3. The normalized spacial score (nSPS) is 19.9. The van der Waals surface area contributed by atoms with Gasteiger partial charge in [-0.05, 0) is 49.9 Å². The molecule has 0 bridgehead atoms. The van der Waals surface area contributed by atoms with Gasteiger partial charge in [-0.3, -0.25) is 23.7 Å². The predicted molar refractivity (Wildman–Crippen MR) is 130 cm³/mol. The van der Waals surface area contributed by atoms with E-state index in [2.05, 4.69) is 10.1 Å². The van der Waals surface area contributed by atoms with Crippen molar-refractivity contribution in [3.63, 3.8) is 0 Å². The minimum Gasteiger partial charge on any atom is -0.468 e. The summed E-state index contributed by atoms with van der Waals surface area (Å²) < 4.78 is 55.4. The molecule has 37 heavy (non-hydrogen) atoms. The number of carbonyl (C=O) groups excluding carboxylic acids is 1. The van der Waals surface area contributed by atoms with Gasteiger partial charge in [0.2, 0.25) is 0 Å². The third-order valence-corrected chi connectivity index (χ3v) is 7.01. The lowest BCUT2D eigenvalue weighted by Gasteiger charge is -2.25. The standard InChI is InChI=1S/C23H31FN3O9P/c1-14(2)5-10-18(22(29)32-4)26-37(31,36-17-8-6-16(24)7-9-17)34-13-20-33-12-19(35-20)27-11-15(3)21(28)25-23(27)30/h6-9,11,14,18-20H,5,10,12-13H2,1-4H3,(H,26,31)(H,25,28,30)/t18-,19+,20+,37?/m0/s1. The highest BCUT2D eigenvalue weighted by atomic mass is 31.2. The van der Waals surface area contributed by atoms with Crippen molar-refractivity contribution < 1.29 is 37.0 Å². The smallest absolute Gasteiger partial charge is 0.459 e. The number of hydrogen-bond acceptors (Lipinski definition) is 9.